The topological polar surface area (TPSA) is 78.9 Å². The molecule has 2 N–H and O–H groups in total. The van der Waals surface area contributed by atoms with Crippen molar-refractivity contribution < 1.29 is 19.4 Å². The van der Waals surface area contributed by atoms with Crippen molar-refractivity contribution in [1.82, 2.24) is 10.2 Å². The summed E-state index contributed by atoms with van der Waals surface area (Å²) in [5.41, 5.74) is 0. The number of ether oxygens (including phenoxy) is 1. The molecule has 0 bridgehead atoms. The number of nitrogens with zero attached hydrogens (tertiary/aromatic N) is 1. The number of esters is 1. The van der Waals surface area contributed by atoms with Gasteiger partial charge in [-0.3, -0.25) is 14.5 Å². The lowest BCUT2D eigenvalue weighted by Crippen LogP contribution is -2.45. The standard InChI is InChI=1S/C13H24N2O4/c1-10(6-13(18)19-2)15-5-3-4-11(9-15)7-14-8-12(16)17/h10-11,14H,3-9H2,1-2H3,(H,16,17). The maximum atomic E-state index is 11.3. The maximum Gasteiger partial charge on any atom is 0.317 e. The SMILES string of the molecule is COC(=O)CC(C)N1CCCC(CNCC(=O)O)C1. The Morgan fingerprint density at radius 2 is 2.26 bits per heavy atom. The first-order chi connectivity index (χ1) is 9.02. The summed E-state index contributed by atoms with van der Waals surface area (Å²) in [6.45, 7) is 4.66. The van der Waals surface area contributed by atoms with Gasteiger partial charge in [-0.25, -0.2) is 0 Å². The largest absolute Gasteiger partial charge is 0.480 e. The van der Waals surface area contributed by atoms with Crippen molar-refractivity contribution in [1.29, 1.82) is 0 Å². The van der Waals surface area contributed by atoms with Gasteiger partial charge in [-0.15, -0.1) is 0 Å². The number of hydrogen-bond donors (Lipinski definition) is 2. The number of hydrogen-bond acceptors (Lipinski definition) is 5. The lowest BCUT2D eigenvalue weighted by atomic mass is 9.96. The molecule has 6 nitrogen and oxygen atoms in total. The Labute approximate surface area is 114 Å². The predicted octanol–water partition coefficient (Wildman–Crippen LogP) is 0.324. The van der Waals surface area contributed by atoms with Crippen LogP contribution in [0.3, 0.4) is 0 Å². The van der Waals surface area contributed by atoms with Gasteiger partial charge < -0.3 is 15.2 Å². The van der Waals surface area contributed by atoms with Crippen LogP contribution in [0.5, 0.6) is 0 Å². The van der Waals surface area contributed by atoms with E-state index >= 15 is 0 Å². The number of carboxylic acid groups (broad SMARTS) is 1. The highest BCUT2D eigenvalue weighted by Gasteiger charge is 2.24. The van der Waals surface area contributed by atoms with Crippen LogP contribution in [0.1, 0.15) is 26.2 Å². The molecule has 1 fully saturated rings. The zero-order valence-electron chi connectivity index (χ0n) is 11.7. The van der Waals surface area contributed by atoms with Crippen LogP contribution in [-0.2, 0) is 14.3 Å². The molecule has 0 aliphatic carbocycles. The fraction of sp³-hybridized carbons (Fsp3) is 0.846. The van der Waals surface area contributed by atoms with Crippen LogP contribution in [0.4, 0.5) is 0 Å². The van der Waals surface area contributed by atoms with E-state index in [1.165, 1.54) is 7.11 Å². The third-order valence-corrected chi connectivity index (χ3v) is 3.57. The summed E-state index contributed by atoms with van der Waals surface area (Å²) >= 11 is 0. The molecular formula is C13H24N2O4. The summed E-state index contributed by atoms with van der Waals surface area (Å²) in [5.74, 6) is -0.557. The zero-order chi connectivity index (χ0) is 14.3. The number of rotatable bonds is 7. The highest BCUT2D eigenvalue weighted by Crippen LogP contribution is 2.19. The molecule has 1 rings (SSSR count). The van der Waals surface area contributed by atoms with Crippen LogP contribution in [0.2, 0.25) is 0 Å². The summed E-state index contributed by atoms with van der Waals surface area (Å²) in [7, 11) is 1.41. The van der Waals surface area contributed by atoms with Gasteiger partial charge >= 0.3 is 11.9 Å². The highest BCUT2D eigenvalue weighted by molar-refractivity contribution is 5.69. The number of piperidine rings is 1. The molecular weight excluding hydrogens is 248 g/mol. The molecule has 0 aromatic heterocycles. The number of carbonyl (C=O) groups is 2. The molecule has 19 heavy (non-hydrogen) atoms. The Morgan fingerprint density at radius 1 is 1.53 bits per heavy atom. The van der Waals surface area contributed by atoms with E-state index in [2.05, 4.69) is 15.0 Å². The molecule has 0 spiro atoms. The van der Waals surface area contributed by atoms with Gasteiger partial charge in [0.15, 0.2) is 0 Å². The van der Waals surface area contributed by atoms with Crippen molar-refractivity contribution >= 4 is 11.9 Å². The molecule has 0 aromatic carbocycles. The number of methoxy groups -OCH3 is 1. The third kappa shape index (κ3) is 6.02. The van der Waals surface area contributed by atoms with E-state index in [-0.39, 0.29) is 18.6 Å². The first kappa shape index (κ1) is 15.9. The highest BCUT2D eigenvalue weighted by atomic mass is 16.5. The van der Waals surface area contributed by atoms with Gasteiger partial charge in [-0.1, -0.05) is 0 Å². The second-order valence-electron chi connectivity index (χ2n) is 5.16. The van der Waals surface area contributed by atoms with Crippen molar-refractivity contribution in [3.63, 3.8) is 0 Å². The first-order valence-corrected chi connectivity index (χ1v) is 6.76. The minimum Gasteiger partial charge on any atom is -0.480 e. The molecule has 6 heteroatoms. The van der Waals surface area contributed by atoms with Gasteiger partial charge in [0.2, 0.25) is 0 Å². The molecule has 1 saturated heterocycles. The first-order valence-electron chi connectivity index (χ1n) is 6.76. The number of aliphatic carboxylic acids is 1. The fourth-order valence-electron chi connectivity index (χ4n) is 2.50. The van der Waals surface area contributed by atoms with Crippen LogP contribution in [0.25, 0.3) is 0 Å². The van der Waals surface area contributed by atoms with Gasteiger partial charge in [0.25, 0.3) is 0 Å². The van der Waals surface area contributed by atoms with Crippen LogP contribution >= 0.6 is 0 Å². The van der Waals surface area contributed by atoms with E-state index in [0.29, 0.717) is 18.9 Å². The molecule has 1 heterocycles. The van der Waals surface area contributed by atoms with Crippen molar-refractivity contribution in [3.8, 4) is 0 Å². The van der Waals surface area contributed by atoms with Crippen molar-refractivity contribution in [2.75, 3.05) is 33.3 Å². The summed E-state index contributed by atoms with van der Waals surface area (Å²) in [4.78, 5) is 24.0. The Morgan fingerprint density at radius 3 is 2.89 bits per heavy atom. The second-order valence-corrected chi connectivity index (χ2v) is 5.16. The van der Waals surface area contributed by atoms with E-state index in [9.17, 15) is 9.59 Å². The monoisotopic (exact) mass is 272 g/mol. The summed E-state index contributed by atoms with van der Waals surface area (Å²) < 4.78 is 4.69. The van der Waals surface area contributed by atoms with Crippen LogP contribution in [0.15, 0.2) is 0 Å². The average molecular weight is 272 g/mol. The third-order valence-electron chi connectivity index (χ3n) is 3.57. The Kier molecular flexibility index (Phi) is 6.80. The number of likely N-dealkylation sites (tertiary alicyclic amines) is 1. The van der Waals surface area contributed by atoms with Gasteiger partial charge in [-0.05, 0) is 38.8 Å². The Hall–Kier alpha value is -1.14. The molecule has 0 radical (unpaired) electrons. The average Bonchev–Trinajstić information content (AvgIpc) is 2.38. The molecule has 2 atom stereocenters. The predicted molar refractivity (Wildman–Crippen MR) is 70.9 cm³/mol. The van der Waals surface area contributed by atoms with Crippen molar-refractivity contribution in [2.24, 2.45) is 5.92 Å². The Balaban J connectivity index is 2.32. The summed E-state index contributed by atoms with van der Waals surface area (Å²) in [5, 5.41) is 11.5. The number of carbonyl (C=O) groups excluding carboxylic acids is 1. The van der Waals surface area contributed by atoms with Crippen LogP contribution in [0, 0.1) is 5.92 Å². The second kappa shape index (κ2) is 8.12. The van der Waals surface area contributed by atoms with Gasteiger partial charge in [0.1, 0.15) is 0 Å². The zero-order valence-corrected chi connectivity index (χ0v) is 11.7. The smallest absolute Gasteiger partial charge is 0.317 e. The maximum absolute atomic E-state index is 11.3. The summed E-state index contributed by atoms with van der Waals surface area (Å²) in [6.07, 6.45) is 2.60. The summed E-state index contributed by atoms with van der Waals surface area (Å²) in [6, 6.07) is 0.176. The van der Waals surface area contributed by atoms with Crippen LogP contribution in [-0.4, -0.2) is 61.3 Å². The van der Waals surface area contributed by atoms with E-state index in [0.717, 1.165) is 25.9 Å². The van der Waals surface area contributed by atoms with E-state index in [4.69, 9.17) is 5.11 Å². The van der Waals surface area contributed by atoms with E-state index in [1.807, 2.05) is 6.92 Å². The lowest BCUT2D eigenvalue weighted by Gasteiger charge is -2.36. The molecule has 0 amide bonds. The number of nitrogens with one attached hydrogen (secondary N) is 1. The Bertz CT molecular complexity index is 309. The van der Waals surface area contributed by atoms with E-state index < -0.39 is 5.97 Å². The normalized spacial score (nSPS) is 21.9. The quantitative estimate of drug-likeness (QED) is 0.650. The minimum absolute atomic E-state index is 0.00815. The van der Waals surface area contributed by atoms with Gasteiger partial charge in [-0.2, -0.15) is 0 Å². The van der Waals surface area contributed by atoms with Crippen LogP contribution < -0.4 is 5.32 Å². The van der Waals surface area contributed by atoms with Crippen molar-refractivity contribution in [2.45, 2.75) is 32.2 Å². The molecule has 0 saturated carbocycles. The van der Waals surface area contributed by atoms with Gasteiger partial charge in [0, 0.05) is 12.6 Å². The molecule has 1 aliphatic rings. The molecule has 110 valence electrons. The molecule has 0 aromatic rings. The minimum atomic E-state index is -0.827. The van der Waals surface area contributed by atoms with E-state index in [1.54, 1.807) is 0 Å². The number of carboxylic acids is 1. The fourth-order valence-corrected chi connectivity index (χ4v) is 2.50. The molecule has 2 unspecified atom stereocenters. The lowest BCUT2D eigenvalue weighted by molar-refractivity contribution is -0.142. The van der Waals surface area contributed by atoms with Gasteiger partial charge in [0.05, 0.1) is 20.1 Å². The molecule has 1 aliphatic heterocycles. The van der Waals surface area contributed by atoms with Crippen molar-refractivity contribution in [3.05, 3.63) is 0 Å².